The summed E-state index contributed by atoms with van der Waals surface area (Å²) < 4.78 is 13.0. The minimum Gasteiger partial charge on any atom is -0.496 e. The van der Waals surface area contributed by atoms with Crippen molar-refractivity contribution in [3.05, 3.63) is 59.4 Å². The smallest absolute Gasteiger partial charge is 0.169 e. The van der Waals surface area contributed by atoms with E-state index in [2.05, 4.69) is 54.9 Å². The van der Waals surface area contributed by atoms with Gasteiger partial charge in [0.05, 0.1) is 20.3 Å². The van der Waals surface area contributed by atoms with Gasteiger partial charge in [-0.15, -0.1) is 0 Å². The van der Waals surface area contributed by atoms with Crippen molar-refractivity contribution < 1.29 is 18.9 Å². The van der Waals surface area contributed by atoms with E-state index in [0.29, 0.717) is 0 Å². The number of rotatable bonds is 5. The van der Waals surface area contributed by atoms with E-state index in [9.17, 15) is 0 Å². The fourth-order valence-corrected chi connectivity index (χ4v) is 2.96. The minimum absolute atomic E-state index is 0.850. The number of aryl methyl sites for hydroxylation is 1. The molecule has 1 N–H and O–H groups in total. The molecular weight excluding hydrogens is 300 g/mol. The second-order valence-corrected chi connectivity index (χ2v) is 6.24. The molecule has 126 valence electrons. The van der Waals surface area contributed by atoms with Crippen LogP contribution in [0.5, 0.6) is 5.75 Å². The molecule has 4 heteroatoms. The van der Waals surface area contributed by atoms with E-state index in [1.165, 1.54) is 16.7 Å². The van der Waals surface area contributed by atoms with Crippen LogP contribution in [0, 0.1) is 0 Å². The van der Waals surface area contributed by atoms with Crippen molar-refractivity contribution in [1.29, 1.82) is 0 Å². The summed E-state index contributed by atoms with van der Waals surface area (Å²) in [4.78, 5) is 1.55. The third-order valence-electron chi connectivity index (χ3n) is 4.42. The van der Waals surface area contributed by atoms with Crippen LogP contribution >= 0.6 is 0 Å². The largest absolute Gasteiger partial charge is 0.496 e. The maximum atomic E-state index is 5.55. The SMILES string of the molecule is COc1ccc(/C=C/c2cc[n+](C)cc2)cc1C[NH+]1CCOCC1. The fraction of sp³-hybridized carbons (Fsp3) is 0.350. The number of aromatic nitrogens is 1. The fourth-order valence-electron chi connectivity index (χ4n) is 2.96. The molecule has 0 bridgehead atoms. The highest BCUT2D eigenvalue weighted by molar-refractivity contribution is 5.70. The monoisotopic (exact) mass is 326 g/mol. The first-order valence-electron chi connectivity index (χ1n) is 8.46. The van der Waals surface area contributed by atoms with Gasteiger partial charge in [-0.3, -0.25) is 0 Å². The average molecular weight is 326 g/mol. The van der Waals surface area contributed by atoms with E-state index >= 15 is 0 Å². The third kappa shape index (κ3) is 4.43. The van der Waals surface area contributed by atoms with Crippen LogP contribution in [0.2, 0.25) is 0 Å². The molecule has 1 aliphatic heterocycles. The average Bonchev–Trinajstić information content (AvgIpc) is 2.62. The van der Waals surface area contributed by atoms with Gasteiger partial charge in [0.25, 0.3) is 0 Å². The first-order chi connectivity index (χ1) is 11.7. The van der Waals surface area contributed by atoms with Gasteiger partial charge in [0, 0.05) is 17.7 Å². The second-order valence-electron chi connectivity index (χ2n) is 6.24. The van der Waals surface area contributed by atoms with Crippen molar-refractivity contribution in [1.82, 2.24) is 0 Å². The molecule has 4 nitrogen and oxygen atoms in total. The van der Waals surface area contributed by atoms with Gasteiger partial charge in [0.2, 0.25) is 0 Å². The standard InChI is InChI=1S/C20H25N2O2/c1-21-9-7-17(8-10-21)3-4-18-5-6-20(23-2)19(15-18)16-22-11-13-24-14-12-22/h3-10,15H,11-14,16H2,1-2H3/q+1/p+1/b4-3+. The van der Waals surface area contributed by atoms with Crippen LogP contribution in [-0.2, 0) is 18.3 Å². The summed E-state index contributed by atoms with van der Waals surface area (Å²) in [6.45, 7) is 4.80. The number of nitrogens with zero attached hydrogens (tertiary/aromatic N) is 1. The van der Waals surface area contributed by atoms with E-state index in [4.69, 9.17) is 9.47 Å². The van der Waals surface area contributed by atoms with Crippen molar-refractivity contribution in [2.24, 2.45) is 7.05 Å². The van der Waals surface area contributed by atoms with Crippen molar-refractivity contribution in [3.8, 4) is 5.75 Å². The molecule has 2 aromatic rings. The second kappa shape index (κ2) is 8.08. The molecule has 1 aromatic heterocycles. The highest BCUT2D eigenvalue weighted by Gasteiger charge is 2.16. The lowest BCUT2D eigenvalue weighted by Gasteiger charge is -2.24. The normalized spacial score (nSPS) is 15.8. The number of pyridine rings is 1. The molecule has 24 heavy (non-hydrogen) atoms. The minimum atomic E-state index is 0.850. The van der Waals surface area contributed by atoms with Gasteiger partial charge >= 0.3 is 0 Å². The Morgan fingerprint density at radius 1 is 1.08 bits per heavy atom. The Labute approximate surface area is 143 Å². The number of quaternary nitrogens is 1. The lowest BCUT2D eigenvalue weighted by molar-refractivity contribution is -0.921. The molecule has 0 amide bonds. The van der Waals surface area contributed by atoms with E-state index in [1.807, 2.05) is 11.6 Å². The number of nitrogens with one attached hydrogen (secondary N) is 1. The van der Waals surface area contributed by atoms with Gasteiger partial charge in [0.15, 0.2) is 12.4 Å². The number of methoxy groups -OCH3 is 1. The molecule has 0 saturated carbocycles. The Morgan fingerprint density at radius 2 is 1.79 bits per heavy atom. The summed E-state index contributed by atoms with van der Waals surface area (Å²) in [6.07, 6.45) is 8.42. The summed E-state index contributed by atoms with van der Waals surface area (Å²) in [5.41, 5.74) is 3.66. The van der Waals surface area contributed by atoms with Gasteiger partial charge in [0.1, 0.15) is 32.4 Å². The molecule has 0 radical (unpaired) electrons. The summed E-state index contributed by atoms with van der Waals surface area (Å²) >= 11 is 0. The number of benzene rings is 1. The molecule has 0 aliphatic carbocycles. The third-order valence-corrected chi connectivity index (χ3v) is 4.42. The zero-order chi connectivity index (χ0) is 16.8. The zero-order valence-electron chi connectivity index (χ0n) is 14.5. The lowest BCUT2D eigenvalue weighted by atomic mass is 10.1. The van der Waals surface area contributed by atoms with Crippen LogP contribution in [-0.4, -0.2) is 33.4 Å². The molecule has 1 fully saturated rings. The van der Waals surface area contributed by atoms with Gasteiger partial charge in [-0.1, -0.05) is 18.2 Å². The molecule has 1 saturated heterocycles. The molecular formula is C20H26N2O2+2. The Morgan fingerprint density at radius 3 is 2.50 bits per heavy atom. The summed E-state index contributed by atoms with van der Waals surface area (Å²) in [7, 11) is 3.77. The van der Waals surface area contributed by atoms with Gasteiger partial charge in [-0.05, 0) is 23.3 Å². The molecule has 0 atom stereocenters. The summed E-state index contributed by atoms with van der Waals surface area (Å²) in [5.74, 6) is 0.970. The van der Waals surface area contributed by atoms with Crippen LogP contribution in [0.15, 0.2) is 42.7 Å². The maximum absolute atomic E-state index is 5.55. The molecule has 0 unspecified atom stereocenters. The van der Waals surface area contributed by atoms with Crippen molar-refractivity contribution >= 4 is 12.2 Å². The van der Waals surface area contributed by atoms with Gasteiger partial charge in [-0.2, -0.15) is 0 Å². The molecule has 2 heterocycles. The predicted molar refractivity (Wildman–Crippen MR) is 94.8 cm³/mol. The Bertz CT molecular complexity index is 689. The number of hydrogen-bond donors (Lipinski definition) is 1. The van der Waals surface area contributed by atoms with Gasteiger partial charge in [-0.25, -0.2) is 4.57 Å². The van der Waals surface area contributed by atoms with E-state index in [-0.39, 0.29) is 0 Å². The van der Waals surface area contributed by atoms with Gasteiger partial charge < -0.3 is 14.4 Å². The Balaban J connectivity index is 1.76. The van der Waals surface area contributed by atoms with Crippen molar-refractivity contribution in [3.63, 3.8) is 0 Å². The first-order valence-corrected chi connectivity index (χ1v) is 8.46. The Hall–Kier alpha value is -2.17. The summed E-state index contributed by atoms with van der Waals surface area (Å²) in [5, 5.41) is 0. The van der Waals surface area contributed by atoms with Crippen molar-refractivity contribution in [2.75, 3.05) is 33.4 Å². The van der Waals surface area contributed by atoms with E-state index < -0.39 is 0 Å². The van der Waals surface area contributed by atoms with E-state index in [0.717, 1.165) is 38.6 Å². The molecule has 1 aromatic carbocycles. The van der Waals surface area contributed by atoms with Crippen LogP contribution in [0.3, 0.4) is 0 Å². The highest BCUT2D eigenvalue weighted by atomic mass is 16.5. The molecule has 1 aliphatic rings. The highest BCUT2D eigenvalue weighted by Crippen LogP contribution is 2.20. The van der Waals surface area contributed by atoms with Crippen molar-refractivity contribution in [2.45, 2.75) is 6.54 Å². The number of morpholine rings is 1. The van der Waals surface area contributed by atoms with Crippen LogP contribution in [0.25, 0.3) is 12.2 Å². The number of ether oxygens (including phenoxy) is 2. The van der Waals surface area contributed by atoms with Crippen LogP contribution in [0.1, 0.15) is 16.7 Å². The van der Waals surface area contributed by atoms with Crippen LogP contribution in [0.4, 0.5) is 0 Å². The van der Waals surface area contributed by atoms with Crippen LogP contribution < -0.4 is 14.2 Å². The lowest BCUT2D eigenvalue weighted by Crippen LogP contribution is -3.12. The summed E-state index contributed by atoms with van der Waals surface area (Å²) in [6, 6.07) is 10.6. The first kappa shape index (κ1) is 16.7. The maximum Gasteiger partial charge on any atom is 0.169 e. The molecule has 0 spiro atoms. The van der Waals surface area contributed by atoms with E-state index in [1.54, 1.807) is 12.0 Å². The number of hydrogen-bond acceptors (Lipinski definition) is 2. The topological polar surface area (TPSA) is 26.8 Å². The predicted octanol–water partition coefficient (Wildman–Crippen LogP) is 1.11. The Kier molecular flexibility index (Phi) is 5.62. The quantitative estimate of drug-likeness (QED) is 0.833. The molecule has 3 rings (SSSR count). The zero-order valence-corrected chi connectivity index (χ0v) is 14.5.